The number of fused-ring (bicyclic) bond motifs is 1. The minimum atomic E-state index is -0.679. The first kappa shape index (κ1) is 30.8. The van der Waals surface area contributed by atoms with E-state index in [2.05, 4.69) is 10.6 Å². The Morgan fingerprint density at radius 2 is 1.68 bits per heavy atom. The lowest BCUT2D eigenvalue weighted by Crippen LogP contribution is -2.33. The lowest BCUT2D eigenvalue weighted by Gasteiger charge is -2.25. The Bertz CT molecular complexity index is 1690. The minimum Gasteiger partial charge on any atom is -0.497 e. The second kappa shape index (κ2) is 13.8. The first-order valence-corrected chi connectivity index (χ1v) is 15.5. The van der Waals surface area contributed by atoms with Gasteiger partial charge in [0.1, 0.15) is 16.0 Å². The fraction of sp³-hybridized carbons (Fsp3) is 0.212. The number of amides is 3. The van der Waals surface area contributed by atoms with Crippen molar-refractivity contribution < 1.29 is 28.7 Å². The molecule has 2 N–H and O–H groups in total. The Morgan fingerprint density at radius 1 is 0.932 bits per heavy atom. The van der Waals surface area contributed by atoms with Gasteiger partial charge in [0.25, 0.3) is 5.91 Å². The average molecular weight is 630 g/mol. The maximum absolute atomic E-state index is 13.9. The number of ether oxygens (including phenoxy) is 2. The molecule has 3 aromatic carbocycles. The molecule has 3 amide bonds. The molecule has 1 aliphatic heterocycles. The molecule has 0 spiro atoms. The molecule has 0 saturated heterocycles. The highest BCUT2D eigenvalue weighted by molar-refractivity contribution is 8.00. The van der Waals surface area contributed by atoms with Crippen LogP contribution in [0.15, 0.2) is 83.8 Å². The Hall–Kier alpha value is -4.61. The number of nitrogens with zero attached hydrogens (tertiary/aromatic N) is 1. The Labute approximate surface area is 263 Å². The van der Waals surface area contributed by atoms with Crippen molar-refractivity contribution in [2.45, 2.75) is 30.0 Å². The normalized spacial score (nSPS) is 12.9. The third-order valence-electron chi connectivity index (χ3n) is 7.17. The van der Waals surface area contributed by atoms with Gasteiger partial charge >= 0.3 is 5.97 Å². The van der Waals surface area contributed by atoms with Crippen LogP contribution in [0, 0.1) is 0 Å². The Balaban J connectivity index is 1.39. The van der Waals surface area contributed by atoms with Crippen LogP contribution < -0.4 is 15.4 Å². The van der Waals surface area contributed by atoms with E-state index in [1.807, 2.05) is 48.5 Å². The SMILES string of the molecule is COC(=O)c1c(NC(=O)C(Sc2cccc(NC(=O)c3ccc(OC)cc3)c2)c2ccccc2)sc2c1CCN(C(C)=O)C2. The molecular formula is C33H31N3O6S2. The summed E-state index contributed by atoms with van der Waals surface area (Å²) in [5, 5.41) is 5.63. The van der Waals surface area contributed by atoms with E-state index in [9.17, 15) is 19.2 Å². The highest BCUT2D eigenvalue weighted by atomic mass is 32.2. The highest BCUT2D eigenvalue weighted by Gasteiger charge is 2.32. The monoisotopic (exact) mass is 629 g/mol. The fourth-order valence-corrected chi connectivity index (χ4v) is 7.22. The van der Waals surface area contributed by atoms with Gasteiger partial charge in [-0.1, -0.05) is 36.4 Å². The maximum atomic E-state index is 13.9. The number of benzene rings is 3. The van der Waals surface area contributed by atoms with Crippen LogP contribution in [0.1, 0.15) is 48.9 Å². The number of rotatable bonds is 9. The van der Waals surface area contributed by atoms with E-state index in [0.29, 0.717) is 47.1 Å². The standard InChI is InChI=1S/C33H31N3O6S2/c1-20(37)36-17-16-26-27(19-36)44-32(28(26)33(40)42-3)35-31(39)29(21-8-5-4-6-9-21)43-25-11-7-10-23(18-25)34-30(38)22-12-14-24(41-2)15-13-22/h4-15,18,29H,16-17,19H2,1-3H3,(H,34,38)(H,35,39). The molecule has 44 heavy (non-hydrogen) atoms. The van der Waals surface area contributed by atoms with E-state index in [4.69, 9.17) is 9.47 Å². The molecule has 1 aromatic heterocycles. The van der Waals surface area contributed by atoms with Crippen LogP contribution in [-0.4, -0.2) is 49.4 Å². The second-order valence-corrected chi connectivity index (χ2v) is 12.3. The van der Waals surface area contributed by atoms with Crippen LogP contribution in [-0.2, 0) is 27.3 Å². The van der Waals surface area contributed by atoms with Crippen LogP contribution in [0.25, 0.3) is 0 Å². The van der Waals surface area contributed by atoms with E-state index >= 15 is 0 Å². The van der Waals surface area contributed by atoms with Crippen molar-refractivity contribution in [2.24, 2.45) is 0 Å². The van der Waals surface area contributed by atoms with Crippen LogP contribution >= 0.6 is 23.1 Å². The molecule has 9 nitrogen and oxygen atoms in total. The van der Waals surface area contributed by atoms with E-state index in [0.717, 1.165) is 20.9 Å². The largest absolute Gasteiger partial charge is 0.497 e. The predicted molar refractivity (Wildman–Crippen MR) is 172 cm³/mol. The Kier molecular flexibility index (Phi) is 9.66. The number of thioether (sulfide) groups is 1. The summed E-state index contributed by atoms with van der Waals surface area (Å²) in [7, 11) is 2.88. The Morgan fingerprint density at radius 3 is 2.36 bits per heavy atom. The number of anilines is 2. The molecule has 0 bridgehead atoms. The van der Waals surface area contributed by atoms with Gasteiger partial charge in [0.15, 0.2) is 0 Å². The first-order valence-electron chi connectivity index (χ1n) is 13.8. The van der Waals surface area contributed by atoms with Crippen LogP contribution in [0.3, 0.4) is 0 Å². The number of carbonyl (C=O) groups is 4. The van der Waals surface area contributed by atoms with Gasteiger partial charge in [-0.3, -0.25) is 14.4 Å². The smallest absolute Gasteiger partial charge is 0.341 e. The van der Waals surface area contributed by atoms with Crippen molar-refractivity contribution in [1.29, 1.82) is 0 Å². The topological polar surface area (TPSA) is 114 Å². The molecule has 4 aromatic rings. The summed E-state index contributed by atoms with van der Waals surface area (Å²) in [6.07, 6.45) is 0.498. The molecule has 1 unspecified atom stereocenters. The molecule has 0 aliphatic carbocycles. The molecule has 0 saturated carbocycles. The molecular weight excluding hydrogens is 599 g/mol. The third-order valence-corrected chi connectivity index (χ3v) is 9.55. The number of carbonyl (C=O) groups excluding carboxylic acids is 4. The predicted octanol–water partition coefficient (Wildman–Crippen LogP) is 6.17. The molecule has 226 valence electrons. The van der Waals surface area contributed by atoms with Gasteiger partial charge in [0.05, 0.1) is 26.3 Å². The summed E-state index contributed by atoms with van der Waals surface area (Å²) in [5.41, 5.74) is 2.98. The van der Waals surface area contributed by atoms with Gasteiger partial charge in [0, 0.05) is 34.5 Å². The van der Waals surface area contributed by atoms with Gasteiger partial charge in [-0.2, -0.15) is 0 Å². The number of thiophene rings is 1. The summed E-state index contributed by atoms with van der Waals surface area (Å²) in [6, 6.07) is 23.4. The summed E-state index contributed by atoms with van der Waals surface area (Å²) in [6.45, 7) is 2.38. The van der Waals surface area contributed by atoms with Crippen molar-refractivity contribution in [1.82, 2.24) is 4.90 Å². The van der Waals surface area contributed by atoms with Crippen LogP contribution in [0.5, 0.6) is 5.75 Å². The van der Waals surface area contributed by atoms with Gasteiger partial charge < -0.3 is 25.0 Å². The van der Waals surface area contributed by atoms with Gasteiger partial charge in [-0.05, 0) is 60.0 Å². The zero-order valence-electron chi connectivity index (χ0n) is 24.4. The minimum absolute atomic E-state index is 0.0442. The average Bonchev–Trinajstić information content (AvgIpc) is 3.40. The van der Waals surface area contributed by atoms with Crippen molar-refractivity contribution >= 4 is 57.5 Å². The van der Waals surface area contributed by atoms with Crippen molar-refractivity contribution in [3.63, 3.8) is 0 Å². The number of hydrogen-bond donors (Lipinski definition) is 2. The van der Waals surface area contributed by atoms with Gasteiger partial charge in [0.2, 0.25) is 11.8 Å². The fourth-order valence-electron chi connectivity index (χ4n) is 4.89. The van der Waals surface area contributed by atoms with Gasteiger partial charge in [-0.15, -0.1) is 23.1 Å². The zero-order chi connectivity index (χ0) is 31.2. The van der Waals surface area contributed by atoms with Crippen LogP contribution in [0.2, 0.25) is 0 Å². The van der Waals surface area contributed by atoms with Gasteiger partial charge in [-0.25, -0.2) is 4.79 Å². The van der Waals surface area contributed by atoms with E-state index in [1.165, 1.54) is 37.1 Å². The summed E-state index contributed by atoms with van der Waals surface area (Å²) < 4.78 is 10.2. The van der Waals surface area contributed by atoms with E-state index in [1.54, 1.807) is 42.3 Å². The second-order valence-electron chi connectivity index (χ2n) is 10.00. The molecule has 0 fully saturated rings. The van der Waals surface area contributed by atoms with Crippen LogP contribution in [0.4, 0.5) is 10.7 Å². The van der Waals surface area contributed by atoms with Crippen molar-refractivity contribution in [3.8, 4) is 5.75 Å². The number of methoxy groups -OCH3 is 2. The molecule has 2 heterocycles. The molecule has 11 heteroatoms. The number of esters is 1. The van der Waals surface area contributed by atoms with Crippen molar-refractivity contribution in [2.75, 3.05) is 31.4 Å². The zero-order valence-corrected chi connectivity index (χ0v) is 26.1. The summed E-state index contributed by atoms with van der Waals surface area (Å²) in [4.78, 5) is 55.0. The van der Waals surface area contributed by atoms with Crippen molar-refractivity contribution in [3.05, 3.63) is 106 Å². The number of hydrogen-bond acceptors (Lipinski definition) is 8. The molecule has 5 rings (SSSR count). The summed E-state index contributed by atoms with van der Waals surface area (Å²) in [5.74, 6) is -0.506. The molecule has 0 radical (unpaired) electrons. The number of nitrogens with one attached hydrogen (secondary N) is 2. The summed E-state index contributed by atoms with van der Waals surface area (Å²) >= 11 is 2.62. The maximum Gasteiger partial charge on any atom is 0.341 e. The quantitative estimate of drug-likeness (QED) is 0.168. The third kappa shape index (κ3) is 6.95. The lowest BCUT2D eigenvalue weighted by molar-refractivity contribution is -0.129. The lowest BCUT2D eigenvalue weighted by atomic mass is 10.0. The molecule has 1 aliphatic rings. The first-order chi connectivity index (χ1) is 21.3. The highest BCUT2D eigenvalue weighted by Crippen LogP contribution is 2.41. The van der Waals surface area contributed by atoms with E-state index in [-0.39, 0.29) is 17.7 Å². The van der Waals surface area contributed by atoms with E-state index < -0.39 is 11.2 Å². The molecule has 1 atom stereocenters.